The molecule has 2 heterocycles. The number of carboxylic acids is 1. The standard InChI is InChI=1S/C18H14ClN3O.C2HF3O2/c1-21-6-5-12-10-22(9-11-3-2-4-13(19)7-11)17-16(12)15(21)8-14(20)18(17)23;3-2(4,5)1(6)7/h2-8,10,20H,9H2,1H3;(H,6,7). The lowest BCUT2D eigenvalue weighted by Crippen LogP contribution is -2.37. The van der Waals surface area contributed by atoms with Crippen LogP contribution in [0, 0.1) is 0 Å². The molecule has 4 rings (SSSR count). The highest BCUT2D eigenvalue weighted by Crippen LogP contribution is 2.30. The Morgan fingerprint density at radius 3 is 2.57 bits per heavy atom. The maximum Gasteiger partial charge on any atom is 0.430 e. The quantitative estimate of drug-likeness (QED) is 0.620. The Kier molecular flexibility index (Phi) is 5.58. The summed E-state index contributed by atoms with van der Waals surface area (Å²) >= 11 is 6.06. The number of nitrogens with two attached hydrogens (primary N) is 1. The third-order valence-electron chi connectivity index (χ3n) is 4.46. The number of pyridine rings is 1. The Hall–Kier alpha value is -3.33. The van der Waals surface area contributed by atoms with Gasteiger partial charge in [-0.05, 0) is 17.7 Å². The van der Waals surface area contributed by atoms with E-state index in [0.29, 0.717) is 17.3 Å². The number of ketones is 1. The molecule has 1 aromatic carbocycles. The maximum absolute atomic E-state index is 12.6. The predicted molar refractivity (Wildman–Crippen MR) is 101 cm³/mol. The van der Waals surface area contributed by atoms with Crippen molar-refractivity contribution in [1.82, 2.24) is 4.57 Å². The van der Waals surface area contributed by atoms with Gasteiger partial charge in [0.15, 0.2) is 6.20 Å². The Morgan fingerprint density at radius 2 is 1.97 bits per heavy atom. The van der Waals surface area contributed by atoms with Crippen LogP contribution in [0.15, 0.2) is 48.4 Å². The summed E-state index contributed by atoms with van der Waals surface area (Å²) in [6.07, 6.45) is 0.533. The molecule has 3 aromatic rings. The first kappa shape index (κ1) is 21.4. The molecule has 2 N–H and O–H groups in total. The first-order valence-electron chi connectivity index (χ1n) is 8.55. The highest BCUT2D eigenvalue weighted by molar-refractivity contribution is 6.30. The van der Waals surface area contributed by atoms with E-state index in [9.17, 15) is 18.0 Å². The molecule has 0 amide bonds. The predicted octanol–water partition coefficient (Wildman–Crippen LogP) is 1.96. The minimum atomic E-state index is -5.19. The van der Waals surface area contributed by atoms with Crippen LogP contribution < -0.4 is 15.4 Å². The van der Waals surface area contributed by atoms with Crippen LogP contribution in [0.25, 0.3) is 16.8 Å². The molecule has 2 aromatic heterocycles. The second kappa shape index (κ2) is 7.83. The van der Waals surface area contributed by atoms with Crippen molar-refractivity contribution in [2.45, 2.75) is 12.7 Å². The van der Waals surface area contributed by atoms with E-state index in [2.05, 4.69) is 0 Å². The monoisotopic (exact) mass is 437 g/mol. The number of aryl methyl sites for hydroxylation is 1. The number of halogens is 4. The third-order valence-corrected chi connectivity index (χ3v) is 4.70. The number of alkyl halides is 3. The number of aliphatic carboxylic acids is 1. The molecule has 0 unspecified atom stereocenters. The summed E-state index contributed by atoms with van der Waals surface area (Å²) in [5, 5.41) is 11.5. The number of rotatable bonds is 2. The zero-order chi connectivity index (χ0) is 22.2. The van der Waals surface area contributed by atoms with Crippen LogP contribution in [0.4, 0.5) is 13.2 Å². The summed E-state index contributed by atoms with van der Waals surface area (Å²) in [7, 11) is 1.95. The normalized spacial score (nSPS) is 13.0. The van der Waals surface area contributed by atoms with Crippen molar-refractivity contribution in [3.05, 3.63) is 70.4 Å². The molecule has 0 saturated heterocycles. The van der Waals surface area contributed by atoms with Crippen molar-refractivity contribution in [1.29, 1.82) is 0 Å². The van der Waals surface area contributed by atoms with Crippen LogP contribution in [-0.4, -0.2) is 22.5 Å². The van der Waals surface area contributed by atoms with Crippen LogP contribution in [0.1, 0.15) is 21.7 Å². The number of carbonyl (C=O) groups is 2. The third kappa shape index (κ3) is 4.16. The number of carboxylic acid groups (broad SMARTS) is 1. The molecule has 6 nitrogen and oxygen atoms in total. The van der Waals surface area contributed by atoms with Gasteiger partial charge in [0.2, 0.25) is 11.5 Å². The molecule has 1 aliphatic carbocycles. The Morgan fingerprint density at radius 1 is 1.30 bits per heavy atom. The SMILES string of the molecule is C[n+]1ccc2cn(Cc3cccc(Cl)c3)c3c2c1C=C(N)C3=O.O=C([O-])C(F)(F)F. The molecule has 0 atom stereocenters. The number of carbonyl (C=O) groups excluding carboxylic acids is 2. The van der Waals surface area contributed by atoms with Gasteiger partial charge in [-0.2, -0.15) is 13.2 Å². The summed E-state index contributed by atoms with van der Waals surface area (Å²) in [5.74, 6) is -3.13. The number of nitrogens with zero attached hydrogens (tertiary/aromatic N) is 2. The highest BCUT2D eigenvalue weighted by Gasteiger charge is 2.30. The first-order chi connectivity index (χ1) is 14.0. The first-order valence-corrected chi connectivity index (χ1v) is 8.92. The van der Waals surface area contributed by atoms with Gasteiger partial charge in [-0.3, -0.25) is 4.79 Å². The molecule has 10 heteroatoms. The summed E-state index contributed by atoms with van der Waals surface area (Å²) in [6, 6.07) is 9.67. The van der Waals surface area contributed by atoms with Crippen molar-refractivity contribution < 1.29 is 32.4 Å². The van der Waals surface area contributed by atoms with Gasteiger partial charge in [0.05, 0.1) is 11.1 Å². The Balaban J connectivity index is 0.000000318. The lowest BCUT2D eigenvalue weighted by Gasteiger charge is -2.12. The maximum atomic E-state index is 12.6. The fourth-order valence-electron chi connectivity index (χ4n) is 3.15. The smallest absolute Gasteiger partial charge is 0.430 e. The van der Waals surface area contributed by atoms with Crippen molar-refractivity contribution in [2.75, 3.05) is 0 Å². The Labute approximate surface area is 173 Å². The van der Waals surface area contributed by atoms with E-state index in [1.165, 1.54) is 0 Å². The second-order valence-electron chi connectivity index (χ2n) is 6.59. The van der Waals surface area contributed by atoms with Gasteiger partial charge in [0.1, 0.15) is 18.7 Å². The van der Waals surface area contributed by atoms with Crippen molar-refractivity contribution in [3.8, 4) is 0 Å². The molecular weight excluding hydrogens is 423 g/mol. The summed E-state index contributed by atoms with van der Waals surface area (Å²) < 4.78 is 35.5. The van der Waals surface area contributed by atoms with E-state index in [-0.39, 0.29) is 11.5 Å². The summed E-state index contributed by atoms with van der Waals surface area (Å²) in [4.78, 5) is 21.4. The van der Waals surface area contributed by atoms with E-state index in [1.54, 1.807) is 6.08 Å². The zero-order valence-electron chi connectivity index (χ0n) is 15.5. The van der Waals surface area contributed by atoms with Crippen LogP contribution >= 0.6 is 11.6 Å². The zero-order valence-corrected chi connectivity index (χ0v) is 16.3. The van der Waals surface area contributed by atoms with Gasteiger partial charge in [0, 0.05) is 35.3 Å². The van der Waals surface area contributed by atoms with Crippen molar-refractivity contribution in [3.63, 3.8) is 0 Å². The molecule has 0 radical (unpaired) electrons. The molecular formula is C20H15ClF3N3O3. The number of allylic oxidation sites excluding steroid dienone is 1. The largest absolute Gasteiger partial charge is 0.542 e. The van der Waals surface area contributed by atoms with Crippen molar-refractivity contribution in [2.24, 2.45) is 12.8 Å². The van der Waals surface area contributed by atoms with Crippen LogP contribution in [0.5, 0.6) is 0 Å². The van der Waals surface area contributed by atoms with Gasteiger partial charge < -0.3 is 20.2 Å². The Bertz CT molecular complexity index is 1200. The number of hydrogen-bond donors (Lipinski definition) is 1. The fourth-order valence-corrected chi connectivity index (χ4v) is 3.36. The van der Waals surface area contributed by atoms with Gasteiger partial charge in [-0.1, -0.05) is 23.7 Å². The molecule has 0 aliphatic heterocycles. The number of aromatic nitrogens is 2. The second-order valence-corrected chi connectivity index (χ2v) is 7.03. The molecule has 0 bridgehead atoms. The van der Waals surface area contributed by atoms with Crippen LogP contribution in [0.3, 0.4) is 0 Å². The lowest BCUT2D eigenvalue weighted by molar-refractivity contribution is -0.671. The van der Waals surface area contributed by atoms with E-state index >= 15 is 0 Å². The number of hydrogen-bond acceptors (Lipinski definition) is 4. The molecule has 1 aliphatic rings. The minimum absolute atomic E-state index is 0.124. The summed E-state index contributed by atoms with van der Waals surface area (Å²) in [5.41, 5.74) is 8.86. The van der Waals surface area contributed by atoms with Crippen LogP contribution in [-0.2, 0) is 18.4 Å². The van der Waals surface area contributed by atoms with Gasteiger partial charge in [-0.15, -0.1) is 0 Å². The van der Waals surface area contributed by atoms with Crippen molar-refractivity contribution >= 4 is 40.2 Å². The molecule has 0 fully saturated rings. The van der Waals surface area contributed by atoms with E-state index in [1.807, 2.05) is 58.9 Å². The van der Waals surface area contributed by atoms with Gasteiger partial charge >= 0.3 is 6.18 Å². The fraction of sp³-hybridized carbons (Fsp3) is 0.150. The number of Topliss-reactive ketones (excluding diaryl/α,β-unsaturated/α-hetero) is 1. The lowest BCUT2D eigenvalue weighted by atomic mass is 10.0. The average molecular weight is 438 g/mol. The van der Waals surface area contributed by atoms with E-state index in [4.69, 9.17) is 27.2 Å². The minimum Gasteiger partial charge on any atom is -0.542 e. The average Bonchev–Trinajstić information content (AvgIpc) is 3.01. The highest BCUT2D eigenvalue weighted by atomic mass is 35.5. The van der Waals surface area contributed by atoms with E-state index in [0.717, 1.165) is 22.0 Å². The van der Waals surface area contributed by atoms with Gasteiger partial charge in [-0.25, -0.2) is 4.57 Å². The number of benzene rings is 1. The topological polar surface area (TPSA) is 92.0 Å². The van der Waals surface area contributed by atoms with Crippen LogP contribution in [0.2, 0.25) is 5.02 Å². The van der Waals surface area contributed by atoms with E-state index < -0.39 is 12.1 Å². The molecule has 0 spiro atoms. The van der Waals surface area contributed by atoms with Gasteiger partial charge in [0.25, 0.3) is 0 Å². The summed E-state index contributed by atoms with van der Waals surface area (Å²) in [6.45, 7) is 0.576. The molecule has 156 valence electrons. The molecule has 0 saturated carbocycles. The molecule has 30 heavy (non-hydrogen) atoms.